The normalized spacial score (nSPS) is 13.6. The van der Waals surface area contributed by atoms with Crippen molar-refractivity contribution in [1.29, 1.82) is 0 Å². The Hall–Kier alpha value is -3.32. The van der Waals surface area contributed by atoms with Crippen LogP contribution in [0, 0.1) is 0 Å². The van der Waals surface area contributed by atoms with Crippen molar-refractivity contribution in [3.63, 3.8) is 0 Å². The maximum absolute atomic E-state index is 3.78. The average molecular weight is 343 g/mol. The lowest BCUT2D eigenvalue weighted by Gasteiger charge is -2.12. The van der Waals surface area contributed by atoms with E-state index >= 15 is 0 Å². The van der Waals surface area contributed by atoms with E-state index in [9.17, 15) is 0 Å². The first-order valence-electron chi connectivity index (χ1n) is 9.65. The van der Waals surface area contributed by atoms with Crippen molar-refractivity contribution in [2.45, 2.75) is 12.8 Å². The van der Waals surface area contributed by atoms with Gasteiger partial charge in [-0.05, 0) is 57.9 Å². The Kier molecular flexibility index (Phi) is 2.40. The zero-order valence-corrected chi connectivity index (χ0v) is 14.8. The fourth-order valence-electron chi connectivity index (χ4n) is 5.39. The molecule has 7 rings (SSSR count). The number of para-hydroxylation sites is 1. The molecule has 1 nitrogen and oxygen atoms in total. The fraction of sp³-hybridized carbons (Fsp3) is 0.0769. The van der Waals surface area contributed by atoms with Crippen LogP contribution in [0.5, 0.6) is 0 Å². The van der Waals surface area contributed by atoms with Gasteiger partial charge in [0.05, 0.1) is 5.52 Å². The topological polar surface area (TPSA) is 15.8 Å². The lowest BCUT2D eigenvalue weighted by molar-refractivity contribution is 1.17. The van der Waals surface area contributed by atoms with Crippen molar-refractivity contribution in [2.24, 2.45) is 0 Å². The highest BCUT2D eigenvalue weighted by molar-refractivity contribution is 6.21. The van der Waals surface area contributed by atoms with Crippen LogP contribution in [0.1, 0.15) is 22.3 Å². The van der Waals surface area contributed by atoms with E-state index < -0.39 is 0 Å². The molecule has 27 heavy (non-hydrogen) atoms. The van der Waals surface area contributed by atoms with E-state index in [4.69, 9.17) is 0 Å². The molecule has 0 aliphatic heterocycles. The molecule has 0 spiro atoms. The van der Waals surface area contributed by atoms with Gasteiger partial charge in [0.2, 0.25) is 0 Å². The predicted molar refractivity (Wildman–Crippen MR) is 112 cm³/mol. The number of rotatable bonds is 0. The molecule has 5 aromatic rings. The van der Waals surface area contributed by atoms with Crippen LogP contribution < -0.4 is 0 Å². The Morgan fingerprint density at radius 2 is 1.19 bits per heavy atom. The van der Waals surface area contributed by atoms with Gasteiger partial charge in [0.15, 0.2) is 0 Å². The van der Waals surface area contributed by atoms with Gasteiger partial charge in [-0.3, -0.25) is 0 Å². The van der Waals surface area contributed by atoms with Crippen LogP contribution >= 0.6 is 0 Å². The first-order chi connectivity index (χ1) is 13.4. The largest absolute Gasteiger partial charge is 0.354 e. The summed E-state index contributed by atoms with van der Waals surface area (Å²) in [6.45, 7) is 0. The molecule has 2 aliphatic rings. The van der Waals surface area contributed by atoms with Crippen molar-refractivity contribution in [3.8, 4) is 22.3 Å². The van der Waals surface area contributed by atoms with E-state index in [-0.39, 0.29) is 0 Å². The van der Waals surface area contributed by atoms with E-state index in [0.717, 1.165) is 12.8 Å². The fourth-order valence-corrected chi connectivity index (χ4v) is 5.39. The number of hydrogen-bond acceptors (Lipinski definition) is 0. The summed E-state index contributed by atoms with van der Waals surface area (Å²) in [5.41, 5.74) is 14.3. The van der Waals surface area contributed by atoms with Crippen LogP contribution in [0.2, 0.25) is 0 Å². The van der Waals surface area contributed by atoms with Gasteiger partial charge in [-0.15, -0.1) is 0 Å². The Morgan fingerprint density at radius 1 is 0.593 bits per heavy atom. The molecule has 126 valence electrons. The number of fused-ring (bicyclic) bond motifs is 12. The number of benzene rings is 4. The molecule has 0 saturated carbocycles. The first kappa shape index (κ1) is 13.8. The second kappa shape index (κ2) is 4.69. The zero-order valence-electron chi connectivity index (χ0n) is 14.8. The summed E-state index contributed by atoms with van der Waals surface area (Å²) in [5.74, 6) is 0. The summed E-state index contributed by atoms with van der Waals surface area (Å²) in [4.78, 5) is 3.78. The third-order valence-electron chi connectivity index (χ3n) is 6.48. The average Bonchev–Trinajstić information content (AvgIpc) is 3.38. The van der Waals surface area contributed by atoms with E-state index in [1.807, 2.05) is 0 Å². The van der Waals surface area contributed by atoms with Crippen LogP contribution in [0.3, 0.4) is 0 Å². The number of aromatic nitrogens is 1. The molecule has 0 fully saturated rings. The summed E-state index contributed by atoms with van der Waals surface area (Å²) in [6.07, 6.45) is 2.10. The quantitative estimate of drug-likeness (QED) is 0.325. The minimum Gasteiger partial charge on any atom is -0.354 e. The molecule has 1 aromatic heterocycles. The van der Waals surface area contributed by atoms with Crippen LogP contribution in [0.15, 0.2) is 72.8 Å². The maximum Gasteiger partial charge on any atom is 0.0554 e. The smallest absolute Gasteiger partial charge is 0.0554 e. The summed E-state index contributed by atoms with van der Waals surface area (Å²) in [5, 5.41) is 2.74. The number of nitrogens with one attached hydrogen (secondary N) is 1. The molecule has 0 radical (unpaired) electrons. The van der Waals surface area contributed by atoms with Crippen LogP contribution in [0.25, 0.3) is 44.1 Å². The summed E-state index contributed by atoms with van der Waals surface area (Å²) in [7, 11) is 0. The van der Waals surface area contributed by atoms with Crippen LogP contribution in [0.4, 0.5) is 0 Å². The van der Waals surface area contributed by atoms with E-state index in [2.05, 4.69) is 77.8 Å². The second-order valence-corrected chi connectivity index (χ2v) is 7.80. The zero-order chi connectivity index (χ0) is 17.5. The first-order valence-corrected chi connectivity index (χ1v) is 9.65. The molecule has 1 heteroatoms. The van der Waals surface area contributed by atoms with E-state index in [1.54, 1.807) is 5.56 Å². The molecule has 0 bridgehead atoms. The lowest BCUT2D eigenvalue weighted by atomic mass is 9.91. The third kappa shape index (κ3) is 1.61. The van der Waals surface area contributed by atoms with Crippen molar-refractivity contribution in [1.82, 2.24) is 4.98 Å². The summed E-state index contributed by atoms with van der Waals surface area (Å²) >= 11 is 0. The van der Waals surface area contributed by atoms with Gasteiger partial charge < -0.3 is 4.98 Å². The van der Waals surface area contributed by atoms with Crippen LogP contribution in [-0.2, 0) is 12.8 Å². The van der Waals surface area contributed by atoms with Gasteiger partial charge in [0.25, 0.3) is 0 Å². The van der Waals surface area contributed by atoms with Crippen molar-refractivity contribution >= 4 is 21.8 Å². The number of hydrogen-bond donors (Lipinski definition) is 1. The van der Waals surface area contributed by atoms with Gasteiger partial charge in [-0.25, -0.2) is 0 Å². The molecule has 1 heterocycles. The highest BCUT2D eigenvalue weighted by Gasteiger charge is 2.32. The lowest BCUT2D eigenvalue weighted by Crippen LogP contribution is -1.93. The van der Waals surface area contributed by atoms with E-state index in [1.165, 1.54) is 60.8 Å². The predicted octanol–water partition coefficient (Wildman–Crippen LogP) is 6.46. The maximum atomic E-state index is 3.78. The number of aromatic amines is 1. The van der Waals surface area contributed by atoms with Crippen LogP contribution in [-0.4, -0.2) is 4.98 Å². The molecule has 4 aromatic carbocycles. The molecule has 2 aliphatic carbocycles. The van der Waals surface area contributed by atoms with Gasteiger partial charge in [0.1, 0.15) is 0 Å². The summed E-state index contributed by atoms with van der Waals surface area (Å²) in [6, 6.07) is 26.6. The Labute approximate surface area is 157 Å². The molecular formula is C26H17N. The third-order valence-corrected chi connectivity index (χ3v) is 6.48. The SMILES string of the molecule is c1ccc2c(c1)Cc1c3c(c4c([nH]c5ccccc54)c1-2)-c1ccccc1C3. The molecule has 1 N–H and O–H groups in total. The highest BCUT2D eigenvalue weighted by Crippen LogP contribution is 2.52. The Morgan fingerprint density at radius 3 is 1.96 bits per heavy atom. The molecule has 0 saturated heterocycles. The summed E-state index contributed by atoms with van der Waals surface area (Å²) < 4.78 is 0. The van der Waals surface area contributed by atoms with Crippen molar-refractivity contribution < 1.29 is 0 Å². The van der Waals surface area contributed by atoms with Gasteiger partial charge >= 0.3 is 0 Å². The minimum absolute atomic E-state index is 1.05. The standard InChI is InChI=1S/C26H17N/c1-3-9-17-15(7-1)13-20-21-14-16-8-2-4-10-18(16)24(21)26-25(23(17)20)19-11-5-6-12-22(19)27-26/h1-12,27H,13-14H2. The van der Waals surface area contributed by atoms with Crippen molar-refractivity contribution in [2.75, 3.05) is 0 Å². The van der Waals surface area contributed by atoms with Crippen molar-refractivity contribution in [3.05, 3.63) is 95.1 Å². The molecule has 0 unspecified atom stereocenters. The van der Waals surface area contributed by atoms with Gasteiger partial charge in [-0.2, -0.15) is 0 Å². The highest BCUT2D eigenvalue weighted by atomic mass is 14.7. The molecule has 0 atom stereocenters. The Balaban J connectivity index is 1.75. The van der Waals surface area contributed by atoms with E-state index in [0.29, 0.717) is 0 Å². The molecule has 0 amide bonds. The monoisotopic (exact) mass is 343 g/mol. The second-order valence-electron chi connectivity index (χ2n) is 7.80. The van der Waals surface area contributed by atoms with Gasteiger partial charge in [0, 0.05) is 21.9 Å². The molecular weight excluding hydrogens is 326 g/mol. The number of H-pyrrole nitrogens is 1. The Bertz CT molecular complexity index is 1420. The van der Waals surface area contributed by atoms with Gasteiger partial charge in [-0.1, -0.05) is 66.7 Å². The minimum atomic E-state index is 1.05.